The Balaban J connectivity index is 1.47. The third-order valence-corrected chi connectivity index (χ3v) is 8.02. The van der Waals surface area contributed by atoms with Crippen molar-refractivity contribution in [3.05, 3.63) is 74.7 Å². The van der Waals surface area contributed by atoms with E-state index in [4.69, 9.17) is 26.1 Å². The minimum Gasteiger partial charge on any atom is -0.485 e. The molecule has 0 bridgehead atoms. The number of hydrogen-bond acceptors (Lipinski definition) is 11. The van der Waals surface area contributed by atoms with Crippen molar-refractivity contribution >= 4 is 50.1 Å². The van der Waals surface area contributed by atoms with Gasteiger partial charge in [-0.2, -0.15) is 0 Å². The quantitative estimate of drug-likeness (QED) is 0.254. The molecule has 238 valence electrons. The van der Waals surface area contributed by atoms with Crippen LogP contribution in [0.4, 0.5) is 16.0 Å². The van der Waals surface area contributed by atoms with Gasteiger partial charge in [0.2, 0.25) is 21.9 Å². The molecule has 1 aliphatic heterocycles. The van der Waals surface area contributed by atoms with Crippen molar-refractivity contribution < 1.29 is 27.1 Å². The van der Waals surface area contributed by atoms with Crippen molar-refractivity contribution in [1.82, 2.24) is 24.2 Å². The maximum atomic E-state index is 14.4. The number of hydrogen-bond donors (Lipinski definition) is 2. The normalized spacial score (nSPS) is 15.6. The molecule has 3 aromatic heterocycles. The molecule has 1 aromatic carbocycles. The summed E-state index contributed by atoms with van der Waals surface area (Å²) in [5, 5.41) is 3.60. The molecule has 2 atom stereocenters. The van der Waals surface area contributed by atoms with E-state index >= 15 is 0 Å². The molecule has 1 aliphatic rings. The number of aromatic nitrogens is 4. The second kappa shape index (κ2) is 12.5. The summed E-state index contributed by atoms with van der Waals surface area (Å²) in [6.07, 6.45) is 2.07. The lowest BCUT2D eigenvalue weighted by Crippen LogP contribution is -2.32. The largest absolute Gasteiger partial charge is 0.485 e. The fraction of sp³-hybridized carbons (Fsp3) is 0.345. The topological polar surface area (TPSA) is 158 Å². The summed E-state index contributed by atoms with van der Waals surface area (Å²) in [5.74, 6) is -0.908. The van der Waals surface area contributed by atoms with Gasteiger partial charge in [0.15, 0.2) is 17.3 Å². The van der Waals surface area contributed by atoms with Crippen molar-refractivity contribution in [3.63, 3.8) is 0 Å². The molecule has 0 aliphatic carbocycles. The molecule has 1 amide bonds. The Kier molecular flexibility index (Phi) is 8.85. The van der Waals surface area contributed by atoms with Gasteiger partial charge in [0.05, 0.1) is 48.7 Å². The molecule has 1 saturated heterocycles. The zero-order valence-corrected chi connectivity index (χ0v) is 26.7. The van der Waals surface area contributed by atoms with Gasteiger partial charge in [-0.3, -0.25) is 14.2 Å². The van der Waals surface area contributed by atoms with Crippen LogP contribution in [0.1, 0.15) is 41.0 Å². The summed E-state index contributed by atoms with van der Waals surface area (Å²) in [7, 11) is -0.792. The number of sulfonamides is 1. The monoisotopic (exact) mass is 659 g/mol. The van der Waals surface area contributed by atoms with Crippen LogP contribution >= 0.6 is 11.6 Å². The first-order valence-electron chi connectivity index (χ1n) is 13.8. The van der Waals surface area contributed by atoms with Gasteiger partial charge < -0.3 is 19.7 Å². The smallest absolute Gasteiger partial charge is 0.285 e. The predicted molar refractivity (Wildman–Crippen MR) is 167 cm³/mol. The second-order valence-corrected chi connectivity index (χ2v) is 12.9. The summed E-state index contributed by atoms with van der Waals surface area (Å²) in [5.41, 5.74) is 1.66. The van der Waals surface area contributed by atoms with E-state index in [1.165, 1.54) is 29.9 Å². The predicted octanol–water partition coefficient (Wildman–Crippen LogP) is 3.35. The number of nitrogens with zero attached hydrogens (tertiary/aromatic N) is 5. The second-order valence-electron chi connectivity index (χ2n) is 10.8. The third kappa shape index (κ3) is 6.93. The minimum atomic E-state index is -3.86. The number of benzene rings is 1. The van der Waals surface area contributed by atoms with Crippen LogP contribution in [0.15, 0.2) is 41.3 Å². The average molecular weight is 660 g/mol. The molecule has 0 spiro atoms. The minimum absolute atomic E-state index is 0.00127. The molecule has 16 heteroatoms. The van der Waals surface area contributed by atoms with E-state index in [1.807, 2.05) is 29.5 Å². The highest BCUT2D eigenvalue weighted by atomic mass is 35.5. The highest BCUT2D eigenvalue weighted by molar-refractivity contribution is 7.89. The summed E-state index contributed by atoms with van der Waals surface area (Å²) in [6.45, 7) is 4.52. The highest BCUT2D eigenvalue weighted by Crippen LogP contribution is 2.31. The summed E-state index contributed by atoms with van der Waals surface area (Å²) in [6, 6.07) is 7.49. The van der Waals surface area contributed by atoms with Crippen LogP contribution in [0.25, 0.3) is 10.9 Å². The van der Waals surface area contributed by atoms with Crippen LogP contribution in [0.5, 0.6) is 11.6 Å². The van der Waals surface area contributed by atoms with E-state index in [-0.39, 0.29) is 39.8 Å². The number of amides is 1. The molecule has 1 unspecified atom stereocenters. The highest BCUT2D eigenvalue weighted by Gasteiger charge is 2.29. The molecule has 1 fully saturated rings. The first kappa shape index (κ1) is 31.9. The Morgan fingerprint density at radius 3 is 2.69 bits per heavy atom. The fourth-order valence-electron chi connectivity index (χ4n) is 5.20. The van der Waals surface area contributed by atoms with Crippen LogP contribution in [-0.2, 0) is 17.1 Å². The van der Waals surface area contributed by atoms with Crippen molar-refractivity contribution in [2.45, 2.75) is 32.4 Å². The molecule has 4 heterocycles. The van der Waals surface area contributed by atoms with Crippen molar-refractivity contribution in [3.8, 4) is 11.6 Å². The number of carbonyl (C=O) groups excluding carboxylic acids is 1. The maximum Gasteiger partial charge on any atom is 0.285 e. The number of ether oxygens (including phenoxy) is 2. The summed E-state index contributed by atoms with van der Waals surface area (Å²) < 4.78 is 52.1. The molecule has 0 saturated carbocycles. The number of carbonyl (C=O) groups is 1. The lowest BCUT2D eigenvalue weighted by Gasteiger charge is -2.23. The number of pyridine rings is 2. The van der Waals surface area contributed by atoms with E-state index < -0.39 is 27.8 Å². The van der Waals surface area contributed by atoms with Crippen molar-refractivity contribution in [2.75, 3.05) is 36.7 Å². The average Bonchev–Trinajstić information content (AvgIpc) is 3.44. The lowest BCUT2D eigenvalue weighted by atomic mass is 10.0. The van der Waals surface area contributed by atoms with Gasteiger partial charge >= 0.3 is 0 Å². The van der Waals surface area contributed by atoms with Crippen LogP contribution in [-0.4, -0.2) is 66.4 Å². The third-order valence-electron chi connectivity index (χ3n) is 7.25. The number of methoxy groups -OCH3 is 1. The summed E-state index contributed by atoms with van der Waals surface area (Å²) in [4.78, 5) is 41.1. The zero-order valence-electron chi connectivity index (χ0n) is 25.1. The molecule has 5 rings (SSSR count). The number of rotatable bonds is 9. The van der Waals surface area contributed by atoms with Crippen LogP contribution in [0.2, 0.25) is 5.15 Å². The van der Waals surface area contributed by atoms with Gasteiger partial charge in [-0.15, -0.1) is 0 Å². The Labute approximate surface area is 263 Å². The van der Waals surface area contributed by atoms with Crippen molar-refractivity contribution in [2.24, 2.45) is 7.05 Å². The van der Waals surface area contributed by atoms with E-state index in [0.717, 1.165) is 18.0 Å². The maximum absolute atomic E-state index is 14.4. The van der Waals surface area contributed by atoms with Gasteiger partial charge in [0, 0.05) is 31.6 Å². The Hall–Kier alpha value is -4.50. The van der Waals surface area contributed by atoms with Gasteiger partial charge in [-0.05, 0) is 37.6 Å². The van der Waals surface area contributed by atoms with E-state index in [2.05, 4.69) is 15.3 Å². The van der Waals surface area contributed by atoms with E-state index in [1.54, 1.807) is 13.1 Å². The van der Waals surface area contributed by atoms with Crippen LogP contribution < -0.4 is 30.0 Å². The van der Waals surface area contributed by atoms with Crippen molar-refractivity contribution in [1.29, 1.82) is 0 Å². The summed E-state index contributed by atoms with van der Waals surface area (Å²) >= 11 is 6.02. The molecule has 0 radical (unpaired) electrons. The SMILES string of the molecule is COc1cc(OC2CCN(c3nc4c([C@@H](C)Nc5ccc(Cl)nc5C(=O)NS(C)(=O)=O)cc(C)cc4c(=O)n3C)C2)c(F)cn1. The Morgan fingerprint density at radius 1 is 1.22 bits per heavy atom. The van der Waals surface area contributed by atoms with E-state index in [9.17, 15) is 22.4 Å². The van der Waals surface area contributed by atoms with Gasteiger partial charge in [-0.1, -0.05) is 17.7 Å². The molecule has 4 aromatic rings. The standard InChI is InChI=1S/C29H31ClFN7O6S/c1-15-10-18(16(2)33-21-6-7-23(30)34-26(21)27(39)36-45(5,41)42)25-19(11-15)28(40)37(3)29(35-25)38-9-8-17(14-38)44-22-12-24(43-4)32-13-20(22)31/h6-7,10-13,16-17,33H,8-9,14H2,1-5H3,(H,36,39)/t16-,17?/m1/s1. The molecule has 2 N–H and O–H groups in total. The van der Waals surface area contributed by atoms with Crippen LogP contribution in [0.3, 0.4) is 0 Å². The number of aryl methyl sites for hydroxylation is 1. The number of fused-ring (bicyclic) bond motifs is 1. The number of anilines is 2. The van der Waals surface area contributed by atoms with E-state index in [0.29, 0.717) is 41.9 Å². The molecule has 13 nitrogen and oxygen atoms in total. The molecule has 45 heavy (non-hydrogen) atoms. The first-order valence-corrected chi connectivity index (χ1v) is 16.1. The van der Waals surface area contributed by atoms with Gasteiger partial charge in [-0.25, -0.2) is 32.5 Å². The number of nitrogens with one attached hydrogen (secondary N) is 2. The lowest BCUT2D eigenvalue weighted by molar-refractivity contribution is 0.0977. The first-order chi connectivity index (χ1) is 21.2. The van der Waals surface area contributed by atoms with Crippen LogP contribution in [0, 0.1) is 12.7 Å². The Morgan fingerprint density at radius 2 is 1.98 bits per heavy atom. The zero-order chi connectivity index (χ0) is 32.6. The Bertz CT molecular complexity index is 1970. The van der Waals surface area contributed by atoms with Gasteiger partial charge in [0.1, 0.15) is 11.3 Å². The van der Waals surface area contributed by atoms with Gasteiger partial charge in [0.25, 0.3) is 11.5 Å². The molecular formula is C29H31ClFN7O6S. The molecular weight excluding hydrogens is 629 g/mol. The fourth-order valence-corrected chi connectivity index (χ4v) is 5.78. The number of halogens is 2.